The highest BCUT2D eigenvalue weighted by Crippen LogP contribution is 2.28. The highest BCUT2D eigenvalue weighted by atomic mass is 19.1. The molecule has 1 aromatic carbocycles. The molecule has 1 fully saturated rings. The molecule has 1 aromatic heterocycles. The smallest absolute Gasteiger partial charge is 0.253 e. The zero-order valence-corrected chi connectivity index (χ0v) is 14.2. The van der Waals surface area contributed by atoms with Crippen LogP contribution < -0.4 is 15.5 Å². The summed E-state index contributed by atoms with van der Waals surface area (Å²) in [6.45, 7) is 1.30. The van der Waals surface area contributed by atoms with Gasteiger partial charge in [0.15, 0.2) is 0 Å². The summed E-state index contributed by atoms with van der Waals surface area (Å²) in [5.74, 6) is -1.17. The van der Waals surface area contributed by atoms with Crippen LogP contribution in [0.15, 0.2) is 24.4 Å². The van der Waals surface area contributed by atoms with E-state index in [2.05, 4.69) is 15.7 Å². The fraction of sp³-hybridized carbons (Fsp3) is 0.353. The Bertz CT molecular complexity index is 881. The van der Waals surface area contributed by atoms with Gasteiger partial charge in [-0.05, 0) is 18.2 Å². The largest absolute Gasteiger partial charge is 0.370 e. The maximum atomic E-state index is 14.5. The molecular formula is C17H18FN5O3. The van der Waals surface area contributed by atoms with Gasteiger partial charge in [0.2, 0.25) is 5.91 Å². The number of ether oxygens (including phenoxy) is 1. The Hall–Kier alpha value is -2.78. The molecule has 0 bridgehead atoms. The van der Waals surface area contributed by atoms with E-state index < -0.39 is 11.9 Å². The summed E-state index contributed by atoms with van der Waals surface area (Å²) < 4.78 is 21.2. The Balaban J connectivity index is 1.50. The summed E-state index contributed by atoms with van der Waals surface area (Å²) in [7, 11) is 1.81. The molecule has 2 aliphatic heterocycles. The Labute approximate surface area is 148 Å². The molecule has 2 N–H and O–H groups in total. The monoisotopic (exact) mass is 359 g/mol. The first-order valence-corrected chi connectivity index (χ1v) is 8.27. The second-order valence-electron chi connectivity index (χ2n) is 6.24. The molecule has 1 atom stereocenters. The number of nitrogens with zero attached hydrogens (tertiary/aromatic N) is 3. The van der Waals surface area contributed by atoms with Crippen LogP contribution in [0.5, 0.6) is 0 Å². The number of fused-ring (bicyclic) bond motifs is 1. The summed E-state index contributed by atoms with van der Waals surface area (Å²) in [6.07, 6.45) is 1.64. The number of nitrogens with one attached hydrogen (secondary N) is 2. The number of aromatic nitrogens is 2. The van der Waals surface area contributed by atoms with E-state index >= 15 is 0 Å². The molecule has 9 heteroatoms. The molecule has 0 saturated carbocycles. The maximum absolute atomic E-state index is 14.5. The number of aryl methyl sites for hydroxylation is 1. The van der Waals surface area contributed by atoms with Crippen molar-refractivity contribution in [3.63, 3.8) is 0 Å². The Morgan fingerprint density at radius 3 is 3.08 bits per heavy atom. The molecule has 2 aromatic rings. The fourth-order valence-electron chi connectivity index (χ4n) is 3.25. The lowest BCUT2D eigenvalue weighted by Gasteiger charge is -2.27. The molecule has 0 aliphatic carbocycles. The number of hydrogen-bond acceptors (Lipinski definition) is 5. The van der Waals surface area contributed by atoms with Crippen LogP contribution in [0.3, 0.4) is 0 Å². The number of morpholine rings is 1. The molecule has 2 aliphatic rings. The molecular weight excluding hydrogens is 341 g/mol. The molecule has 26 heavy (non-hydrogen) atoms. The van der Waals surface area contributed by atoms with Crippen molar-refractivity contribution in [3.05, 3.63) is 41.5 Å². The van der Waals surface area contributed by atoms with Gasteiger partial charge in [-0.15, -0.1) is 0 Å². The Kier molecular flexibility index (Phi) is 4.17. The third kappa shape index (κ3) is 2.85. The fourth-order valence-corrected chi connectivity index (χ4v) is 3.25. The van der Waals surface area contributed by atoms with Crippen LogP contribution in [0.2, 0.25) is 0 Å². The van der Waals surface area contributed by atoms with Crippen LogP contribution in [-0.4, -0.2) is 41.4 Å². The van der Waals surface area contributed by atoms with Crippen molar-refractivity contribution in [1.29, 1.82) is 0 Å². The van der Waals surface area contributed by atoms with E-state index in [0.29, 0.717) is 25.4 Å². The van der Waals surface area contributed by atoms with Gasteiger partial charge in [0, 0.05) is 31.4 Å². The standard InChI is InChI=1S/C17H18FN5O3/c1-22-14-8-19-16(11(14)7-20-22)17(25)21-13-3-2-10(6-12(13)18)23-4-5-26-9-15(23)24/h2-3,6-7,16,19H,4-5,8-9H2,1H3,(H,21,25)/t16-/m1/s1. The van der Waals surface area contributed by atoms with Gasteiger partial charge in [-0.2, -0.15) is 5.10 Å². The van der Waals surface area contributed by atoms with Crippen molar-refractivity contribution in [3.8, 4) is 0 Å². The molecule has 136 valence electrons. The summed E-state index contributed by atoms with van der Waals surface area (Å²) >= 11 is 0. The van der Waals surface area contributed by atoms with Crippen LogP contribution in [0.1, 0.15) is 17.3 Å². The topological polar surface area (TPSA) is 88.5 Å². The lowest BCUT2D eigenvalue weighted by molar-refractivity contribution is -0.125. The summed E-state index contributed by atoms with van der Waals surface area (Å²) in [5, 5.41) is 9.83. The van der Waals surface area contributed by atoms with Gasteiger partial charge in [0.1, 0.15) is 18.5 Å². The third-order valence-electron chi connectivity index (χ3n) is 4.65. The van der Waals surface area contributed by atoms with E-state index in [1.807, 2.05) is 7.05 Å². The minimum absolute atomic E-state index is 0.0130. The molecule has 8 nitrogen and oxygen atoms in total. The first-order valence-electron chi connectivity index (χ1n) is 8.27. The molecule has 1 saturated heterocycles. The van der Waals surface area contributed by atoms with Crippen LogP contribution in [0, 0.1) is 5.82 Å². The van der Waals surface area contributed by atoms with Gasteiger partial charge >= 0.3 is 0 Å². The van der Waals surface area contributed by atoms with Crippen LogP contribution in [-0.2, 0) is 27.9 Å². The Morgan fingerprint density at radius 1 is 1.46 bits per heavy atom. The summed E-state index contributed by atoms with van der Waals surface area (Å²) in [5.41, 5.74) is 2.24. The molecule has 4 rings (SSSR count). The quantitative estimate of drug-likeness (QED) is 0.843. The molecule has 0 radical (unpaired) electrons. The average Bonchev–Trinajstić information content (AvgIpc) is 3.20. The van der Waals surface area contributed by atoms with Gasteiger partial charge in [0.05, 0.1) is 24.2 Å². The zero-order valence-electron chi connectivity index (χ0n) is 14.2. The number of rotatable bonds is 3. The van der Waals surface area contributed by atoms with Gasteiger partial charge in [-0.25, -0.2) is 4.39 Å². The number of carbonyl (C=O) groups is 2. The lowest BCUT2D eigenvalue weighted by atomic mass is 10.1. The highest BCUT2D eigenvalue weighted by molar-refractivity contribution is 5.97. The van der Waals surface area contributed by atoms with Gasteiger partial charge < -0.3 is 15.0 Å². The summed E-state index contributed by atoms with van der Waals surface area (Å²) in [6, 6.07) is 3.75. The van der Waals surface area contributed by atoms with E-state index in [1.165, 1.54) is 17.0 Å². The molecule has 0 spiro atoms. The van der Waals surface area contributed by atoms with E-state index in [9.17, 15) is 14.0 Å². The van der Waals surface area contributed by atoms with Crippen LogP contribution in [0.25, 0.3) is 0 Å². The van der Waals surface area contributed by atoms with Crippen molar-refractivity contribution in [2.24, 2.45) is 7.05 Å². The number of benzene rings is 1. The number of hydrogen-bond donors (Lipinski definition) is 2. The first kappa shape index (κ1) is 16.7. The van der Waals surface area contributed by atoms with Crippen LogP contribution in [0.4, 0.5) is 15.8 Å². The predicted octanol–water partition coefficient (Wildman–Crippen LogP) is 0.705. The molecule has 3 heterocycles. The number of anilines is 2. The van der Waals surface area contributed by atoms with E-state index in [4.69, 9.17) is 4.74 Å². The normalized spacial score (nSPS) is 19.5. The van der Waals surface area contributed by atoms with Gasteiger partial charge in [0.25, 0.3) is 5.91 Å². The zero-order chi connectivity index (χ0) is 18.3. The second kappa shape index (κ2) is 6.50. The van der Waals surface area contributed by atoms with E-state index in [0.717, 1.165) is 11.3 Å². The van der Waals surface area contributed by atoms with Crippen molar-refractivity contribution < 1.29 is 18.7 Å². The van der Waals surface area contributed by atoms with Gasteiger partial charge in [-0.3, -0.25) is 19.6 Å². The first-order chi connectivity index (χ1) is 12.5. The van der Waals surface area contributed by atoms with Crippen molar-refractivity contribution >= 4 is 23.2 Å². The number of carbonyl (C=O) groups excluding carboxylic acids is 2. The lowest BCUT2D eigenvalue weighted by Crippen LogP contribution is -2.41. The van der Waals surface area contributed by atoms with Crippen molar-refractivity contribution in [1.82, 2.24) is 15.1 Å². The predicted molar refractivity (Wildman–Crippen MR) is 91.0 cm³/mol. The number of amides is 2. The second-order valence-corrected chi connectivity index (χ2v) is 6.24. The number of halogens is 1. The van der Waals surface area contributed by atoms with E-state index in [-0.39, 0.29) is 24.1 Å². The maximum Gasteiger partial charge on any atom is 0.253 e. The van der Waals surface area contributed by atoms with Crippen molar-refractivity contribution in [2.75, 3.05) is 30.0 Å². The average molecular weight is 359 g/mol. The minimum atomic E-state index is -0.598. The SMILES string of the molecule is Cn1ncc2c1CN[C@H]2C(=O)Nc1ccc(N2CCOCC2=O)cc1F. The summed E-state index contributed by atoms with van der Waals surface area (Å²) in [4.78, 5) is 25.8. The van der Waals surface area contributed by atoms with E-state index in [1.54, 1.807) is 16.9 Å². The molecule has 0 unspecified atom stereocenters. The Morgan fingerprint density at radius 2 is 2.31 bits per heavy atom. The van der Waals surface area contributed by atoms with Crippen molar-refractivity contribution in [2.45, 2.75) is 12.6 Å². The minimum Gasteiger partial charge on any atom is -0.370 e. The molecule has 2 amide bonds. The van der Waals surface area contributed by atoms with Gasteiger partial charge in [-0.1, -0.05) is 0 Å². The van der Waals surface area contributed by atoms with Crippen LogP contribution >= 0.6 is 0 Å². The highest BCUT2D eigenvalue weighted by Gasteiger charge is 2.31. The third-order valence-corrected chi connectivity index (χ3v) is 4.65.